The van der Waals surface area contributed by atoms with E-state index in [0.29, 0.717) is 12.8 Å². The van der Waals surface area contributed by atoms with Gasteiger partial charge in [-0.05, 0) is 12.8 Å². The Kier molecular flexibility index (Phi) is 51.2. The van der Waals surface area contributed by atoms with Crippen molar-refractivity contribution in [2.24, 2.45) is 0 Å². The highest BCUT2D eigenvalue weighted by Crippen LogP contribution is 2.18. The molecule has 0 aliphatic heterocycles. The van der Waals surface area contributed by atoms with Gasteiger partial charge in [-0.25, -0.2) is 0 Å². The van der Waals surface area contributed by atoms with Crippen LogP contribution in [-0.2, 0) is 4.79 Å². The SMILES string of the molecule is CCCCCCCCCCCCCCCCCCCCCCCCCCCCCCCCCCCCCCCC(=O)NC(CO)C(O)CCCCCCCCCCCC. The molecule has 0 spiro atoms. The minimum atomic E-state index is -0.652. The lowest BCUT2D eigenvalue weighted by molar-refractivity contribution is -0.123. The zero-order chi connectivity index (χ0) is 42.8. The Balaban J connectivity index is 3.29. The van der Waals surface area contributed by atoms with E-state index < -0.39 is 12.1 Å². The normalized spacial score (nSPS) is 12.7. The minimum Gasteiger partial charge on any atom is -0.394 e. The number of carbonyl (C=O) groups excluding carboxylic acids is 1. The number of aliphatic hydroxyl groups excluding tert-OH is 2. The summed E-state index contributed by atoms with van der Waals surface area (Å²) in [5, 5.41) is 23.1. The van der Waals surface area contributed by atoms with Crippen LogP contribution in [0.15, 0.2) is 0 Å². The summed E-state index contributed by atoms with van der Waals surface area (Å²) in [6.07, 6.45) is 65.5. The number of amides is 1. The van der Waals surface area contributed by atoms with E-state index in [9.17, 15) is 15.0 Å². The molecule has 0 aliphatic carbocycles. The monoisotopic (exact) mass is 834 g/mol. The third-order valence-corrected chi connectivity index (χ3v) is 13.4. The molecule has 2 atom stereocenters. The molecule has 0 aromatic carbocycles. The first kappa shape index (κ1) is 58.4. The van der Waals surface area contributed by atoms with E-state index in [0.717, 1.165) is 25.7 Å². The Bertz CT molecular complexity index is 773. The predicted octanol–water partition coefficient (Wildman–Crippen LogP) is 18.0. The fourth-order valence-electron chi connectivity index (χ4n) is 9.13. The molecule has 354 valence electrons. The summed E-state index contributed by atoms with van der Waals surface area (Å²) >= 11 is 0. The topological polar surface area (TPSA) is 69.6 Å². The summed E-state index contributed by atoms with van der Waals surface area (Å²) < 4.78 is 0. The number of hydrogen-bond acceptors (Lipinski definition) is 3. The molecule has 4 heteroatoms. The van der Waals surface area contributed by atoms with Crippen molar-refractivity contribution in [3.05, 3.63) is 0 Å². The number of nitrogens with one attached hydrogen (secondary N) is 1. The molecule has 0 aliphatic rings. The van der Waals surface area contributed by atoms with Crippen molar-refractivity contribution in [2.75, 3.05) is 6.61 Å². The Morgan fingerprint density at radius 3 is 0.763 bits per heavy atom. The Morgan fingerprint density at radius 1 is 0.339 bits per heavy atom. The van der Waals surface area contributed by atoms with E-state index in [-0.39, 0.29) is 12.5 Å². The van der Waals surface area contributed by atoms with E-state index >= 15 is 0 Å². The lowest BCUT2D eigenvalue weighted by Crippen LogP contribution is -2.45. The van der Waals surface area contributed by atoms with Crippen molar-refractivity contribution in [3.8, 4) is 0 Å². The molecule has 0 aromatic rings. The molecule has 2 unspecified atom stereocenters. The summed E-state index contributed by atoms with van der Waals surface area (Å²) in [5.74, 6) is -0.0255. The molecule has 0 fully saturated rings. The van der Waals surface area contributed by atoms with E-state index in [4.69, 9.17) is 0 Å². The molecule has 0 saturated heterocycles. The van der Waals surface area contributed by atoms with Crippen LogP contribution in [0.25, 0.3) is 0 Å². The minimum absolute atomic E-state index is 0.0255. The molecule has 4 nitrogen and oxygen atoms in total. The second kappa shape index (κ2) is 51.7. The number of hydrogen-bond donors (Lipinski definition) is 3. The highest BCUT2D eigenvalue weighted by molar-refractivity contribution is 5.76. The van der Waals surface area contributed by atoms with Crippen molar-refractivity contribution in [2.45, 2.75) is 341 Å². The molecular formula is C55H111NO3. The van der Waals surface area contributed by atoms with E-state index in [1.165, 1.54) is 276 Å². The highest BCUT2D eigenvalue weighted by atomic mass is 16.3. The van der Waals surface area contributed by atoms with E-state index in [1.54, 1.807) is 0 Å². The Labute approximate surface area is 372 Å². The van der Waals surface area contributed by atoms with Gasteiger partial charge in [-0.2, -0.15) is 0 Å². The van der Waals surface area contributed by atoms with Gasteiger partial charge >= 0.3 is 0 Å². The number of rotatable bonds is 52. The average molecular weight is 834 g/mol. The molecule has 0 saturated carbocycles. The maximum atomic E-state index is 12.4. The molecule has 0 radical (unpaired) electrons. The first-order valence-corrected chi connectivity index (χ1v) is 27.7. The van der Waals surface area contributed by atoms with Crippen LogP contribution in [-0.4, -0.2) is 34.9 Å². The van der Waals surface area contributed by atoms with Crippen molar-refractivity contribution in [3.63, 3.8) is 0 Å². The molecule has 3 N–H and O–H groups in total. The Morgan fingerprint density at radius 2 is 0.542 bits per heavy atom. The number of aliphatic hydroxyl groups is 2. The van der Waals surface area contributed by atoms with Crippen LogP contribution in [0.1, 0.15) is 328 Å². The van der Waals surface area contributed by atoms with Gasteiger partial charge in [0.05, 0.1) is 18.8 Å². The molecule has 0 heterocycles. The lowest BCUT2D eigenvalue weighted by Gasteiger charge is -2.22. The van der Waals surface area contributed by atoms with Gasteiger partial charge in [0.25, 0.3) is 0 Å². The first-order valence-electron chi connectivity index (χ1n) is 27.7. The highest BCUT2D eigenvalue weighted by Gasteiger charge is 2.20. The van der Waals surface area contributed by atoms with Gasteiger partial charge in [-0.1, -0.05) is 309 Å². The quantitative estimate of drug-likeness (QED) is 0.0535. The summed E-state index contributed by atoms with van der Waals surface area (Å²) in [6, 6.07) is -0.529. The van der Waals surface area contributed by atoms with Crippen LogP contribution in [0.2, 0.25) is 0 Å². The standard InChI is InChI=1S/C55H111NO3/c1-3-5-7-9-11-13-15-16-17-18-19-20-21-22-23-24-25-26-27-28-29-30-31-32-33-34-35-36-37-38-39-40-41-43-45-47-49-51-55(59)56-53(52-57)54(58)50-48-46-44-42-14-12-10-8-6-4-2/h53-54,57-58H,3-52H2,1-2H3,(H,56,59). The van der Waals surface area contributed by atoms with Gasteiger partial charge in [0, 0.05) is 6.42 Å². The summed E-state index contributed by atoms with van der Waals surface area (Å²) in [5.41, 5.74) is 0. The van der Waals surface area contributed by atoms with Crippen LogP contribution < -0.4 is 5.32 Å². The second-order valence-corrected chi connectivity index (χ2v) is 19.4. The van der Waals surface area contributed by atoms with Gasteiger partial charge < -0.3 is 15.5 Å². The van der Waals surface area contributed by atoms with E-state index in [2.05, 4.69) is 19.2 Å². The average Bonchev–Trinajstić information content (AvgIpc) is 3.24. The Hall–Kier alpha value is -0.610. The largest absolute Gasteiger partial charge is 0.394 e. The van der Waals surface area contributed by atoms with Crippen molar-refractivity contribution in [1.82, 2.24) is 5.32 Å². The third kappa shape index (κ3) is 48.3. The van der Waals surface area contributed by atoms with Crippen LogP contribution in [0.3, 0.4) is 0 Å². The van der Waals surface area contributed by atoms with Gasteiger partial charge in [0.1, 0.15) is 0 Å². The molecule has 0 aromatic heterocycles. The van der Waals surface area contributed by atoms with Gasteiger partial charge in [-0.3, -0.25) is 4.79 Å². The fraction of sp³-hybridized carbons (Fsp3) is 0.982. The van der Waals surface area contributed by atoms with Gasteiger partial charge in [0.2, 0.25) is 5.91 Å². The number of carbonyl (C=O) groups is 1. The molecule has 0 rings (SSSR count). The molecule has 59 heavy (non-hydrogen) atoms. The zero-order valence-electron chi connectivity index (χ0n) is 40.8. The molecule has 0 bridgehead atoms. The van der Waals surface area contributed by atoms with Gasteiger partial charge in [-0.15, -0.1) is 0 Å². The van der Waals surface area contributed by atoms with Gasteiger partial charge in [0.15, 0.2) is 0 Å². The van der Waals surface area contributed by atoms with Crippen LogP contribution in [0.4, 0.5) is 0 Å². The first-order chi connectivity index (χ1) is 29.2. The number of unbranched alkanes of at least 4 members (excludes halogenated alkanes) is 45. The molecular weight excluding hydrogens is 723 g/mol. The van der Waals surface area contributed by atoms with Crippen molar-refractivity contribution in [1.29, 1.82) is 0 Å². The fourth-order valence-corrected chi connectivity index (χ4v) is 9.13. The van der Waals surface area contributed by atoms with Crippen molar-refractivity contribution >= 4 is 5.91 Å². The third-order valence-electron chi connectivity index (χ3n) is 13.4. The van der Waals surface area contributed by atoms with Crippen LogP contribution in [0.5, 0.6) is 0 Å². The summed E-state index contributed by atoms with van der Waals surface area (Å²) in [6.45, 7) is 4.37. The predicted molar refractivity (Wildman–Crippen MR) is 263 cm³/mol. The van der Waals surface area contributed by atoms with Crippen LogP contribution in [0, 0.1) is 0 Å². The smallest absolute Gasteiger partial charge is 0.220 e. The maximum absolute atomic E-state index is 12.4. The summed E-state index contributed by atoms with van der Waals surface area (Å²) in [7, 11) is 0. The van der Waals surface area contributed by atoms with E-state index in [1.807, 2.05) is 0 Å². The van der Waals surface area contributed by atoms with Crippen LogP contribution >= 0.6 is 0 Å². The lowest BCUT2D eigenvalue weighted by atomic mass is 10.0. The summed E-state index contributed by atoms with van der Waals surface area (Å²) in [4.78, 5) is 12.4. The maximum Gasteiger partial charge on any atom is 0.220 e. The van der Waals surface area contributed by atoms with Crippen molar-refractivity contribution < 1.29 is 15.0 Å². The second-order valence-electron chi connectivity index (χ2n) is 19.4. The molecule has 1 amide bonds. The zero-order valence-corrected chi connectivity index (χ0v) is 40.8.